The molecule has 1 aromatic heterocycles. The molecule has 1 atom stereocenters. The number of halogens is 3. The number of benzene rings is 4. The standard InChI is InChI=1S/C40H41F3N4O/c1-27-12-17-31(18-13-27)39(30-10-8-7-9-11-30,32-19-14-28(2)15-20-32)45-36-26-48-37(3,4)40(42,43)38(5,44-36)34-25-29(16-21-35(34)41)24-33-22-23-47(6)46-33/h7-23,25H,24,26H2,1-6H3,(H,44,45)/t38-/m1/s1. The monoisotopic (exact) mass is 650 g/mol. The molecule has 1 aliphatic rings. The Kier molecular flexibility index (Phi) is 8.58. The average molecular weight is 651 g/mol. The highest BCUT2D eigenvalue weighted by Crippen LogP contribution is 2.51. The first kappa shape index (κ1) is 33.2. The predicted octanol–water partition coefficient (Wildman–Crippen LogP) is 8.41. The average Bonchev–Trinajstić information content (AvgIpc) is 3.45. The van der Waals surface area contributed by atoms with Gasteiger partial charge in [-0.15, -0.1) is 0 Å². The van der Waals surface area contributed by atoms with Crippen LogP contribution in [0, 0.1) is 19.7 Å². The molecule has 0 saturated carbocycles. The third-order valence-electron chi connectivity index (χ3n) is 9.51. The Labute approximate surface area is 280 Å². The molecule has 1 aliphatic heterocycles. The van der Waals surface area contributed by atoms with Gasteiger partial charge in [0.1, 0.15) is 29.4 Å². The fourth-order valence-electron chi connectivity index (χ4n) is 6.64. The van der Waals surface area contributed by atoms with Crippen LogP contribution >= 0.6 is 0 Å². The molecule has 0 unspecified atom stereocenters. The van der Waals surface area contributed by atoms with Gasteiger partial charge in [0.15, 0.2) is 5.54 Å². The highest BCUT2D eigenvalue weighted by molar-refractivity contribution is 5.87. The summed E-state index contributed by atoms with van der Waals surface area (Å²) in [6.45, 7) is 7.76. The molecule has 8 heteroatoms. The lowest BCUT2D eigenvalue weighted by Crippen LogP contribution is -2.56. The minimum Gasteiger partial charge on any atom is -0.361 e. The van der Waals surface area contributed by atoms with Gasteiger partial charge in [-0.1, -0.05) is 96.1 Å². The maximum Gasteiger partial charge on any atom is 0.304 e. The Morgan fingerprint density at radius 2 is 1.40 bits per heavy atom. The summed E-state index contributed by atoms with van der Waals surface area (Å²) in [5.41, 5.74) is 0.565. The predicted molar refractivity (Wildman–Crippen MR) is 184 cm³/mol. The summed E-state index contributed by atoms with van der Waals surface area (Å²) in [5.74, 6) is -4.23. The van der Waals surface area contributed by atoms with Crippen molar-refractivity contribution in [1.82, 2.24) is 15.1 Å². The van der Waals surface area contributed by atoms with E-state index < -0.39 is 28.4 Å². The van der Waals surface area contributed by atoms with Crippen molar-refractivity contribution >= 4 is 5.84 Å². The highest BCUT2D eigenvalue weighted by Gasteiger charge is 2.64. The molecule has 0 amide bonds. The van der Waals surface area contributed by atoms with E-state index in [9.17, 15) is 0 Å². The fourth-order valence-corrected chi connectivity index (χ4v) is 6.64. The van der Waals surface area contributed by atoms with Gasteiger partial charge in [-0.25, -0.2) is 13.2 Å². The van der Waals surface area contributed by atoms with Crippen LogP contribution < -0.4 is 5.32 Å². The van der Waals surface area contributed by atoms with Crippen molar-refractivity contribution in [1.29, 1.82) is 0 Å². The molecule has 5 nitrogen and oxygen atoms in total. The van der Waals surface area contributed by atoms with Crippen LogP contribution in [0.5, 0.6) is 0 Å². The SMILES string of the molecule is Cc1ccc(C(NC2=N[C@](C)(c3cc(Cc4ccn(C)n4)ccc3F)C(F)(F)C(C)(C)OC2)(c2ccccc2)c2ccc(C)cc2)cc1. The number of aliphatic imine (C=N–C) groups is 1. The van der Waals surface area contributed by atoms with E-state index >= 15 is 13.2 Å². The minimum absolute atomic E-state index is 0.169. The molecule has 5 aromatic rings. The number of hydrogen-bond donors (Lipinski definition) is 1. The molecular formula is C40H41F3N4O. The first-order valence-electron chi connectivity index (χ1n) is 16.1. The fraction of sp³-hybridized carbons (Fsp3) is 0.300. The zero-order valence-electron chi connectivity index (χ0n) is 28.2. The van der Waals surface area contributed by atoms with Crippen molar-refractivity contribution in [3.63, 3.8) is 0 Å². The lowest BCUT2D eigenvalue weighted by molar-refractivity contribution is -0.214. The molecule has 48 heavy (non-hydrogen) atoms. The molecule has 2 heterocycles. The van der Waals surface area contributed by atoms with Gasteiger partial charge < -0.3 is 10.1 Å². The molecule has 0 radical (unpaired) electrons. The van der Waals surface area contributed by atoms with Gasteiger partial charge in [0.25, 0.3) is 0 Å². The molecule has 1 N–H and O–H groups in total. The van der Waals surface area contributed by atoms with Crippen LogP contribution in [-0.4, -0.2) is 33.7 Å². The van der Waals surface area contributed by atoms with Gasteiger partial charge >= 0.3 is 5.92 Å². The maximum absolute atomic E-state index is 16.9. The zero-order valence-corrected chi connectivity index (χ0v) is 28.2. The summed E-state index contributed by atoms with van der Waals surface area (Å²) in [7, 11) is 1.81. The third kappa shape index (κ3) is 5.83. The topological polar surface area (TPSA) is 51.4 Å². The first-order valence-corrected chi connectivity index (χ1v) is 16.1. The van der Waals surface area contributed by atoms with Crippen LogP contribution in [0.1, 0.15) is 65.4 Å². The van der Waals surface area contributed by atoms with Crippen LogP contribution in [0.3, 0.4) is 0 Å². The van der Waals surface area contributed by atoms with Crippen molar-refractivity contribution in [2.45, 2.75) is 63.6 Å². The van der Waals surface area contributed by atoms with E-state index in [1.165, 1.54) is 32.9 Å². The van der Waals surface area contributed by atoms with Gasteiger partial charge in [-0.2, -0.15) is 5.10 Å². The first-order chi connectivity index (χ1) is 22.7. The molecule has 0 aliphatic carbocycles. The number of aryl methyl sites for hydroxylation is 3. The van der Waals surface area contributed by atoms with E-state index in [0.717, 1.165) is 33.5 Å². The summed E-state index contributed by atoms with van der Waals surface area (Å²) in [4.78, 5) is 4.81. The smallest absolute Gasteiger partial charge is 0.304 e. The molecule has 0 spiro atoms. The van der Waals surface area contributed by atoms with Crippen LogP contribution in [-0.2, 0) is 29.3 Å². The lowest BCUT2D eigenvalue weighted by atomic mass is 9.76. The van der Waals surface area contributed by atoms with Crippen molar-refractivity contribution in [3.8, 4) is 0 Å². The number of nitrogens with one attached hydrogen (secondary N) is 1. The van der Waals surface area contributed by atoms with Gasteiger partial charge in [-0.3, -0.25) is 9.67 Å². The summed E-state index contributed by atoms with van der Waals surface area (Å²) in [6, 6.07) is 32.3. The number of hydrogen-bond acceptors (Lipinski definition) is 4. The van der Waals surface area contributed by atoms with E-state index in [2.05, 4.69) is 10.4 Å². The number of aromatic nitrogens is 2. The summed E-state index contributed by atoms with van der Waals surface area (Å²) >= 11 is 0. The van der Waals surface area contributed by atoms with E-state index in [1.54, 1.807) is 17.8 Å². The number of ether oxygens (including phenoxy) is 1. The van der Waals surface area contributed by atoms with Crippen LogP contribution in [0.15, 0.2) is 114 Å². The lowest BCUT2D eigenvalue weighted by Gasteiger charge is -2.42. The van der Waals surface area contributed by atoms with Crippen LogP contribution in [0.2, 0.25) is 0 Å². The quantitative estimate of drug-likeness (QED) is 0.180. The van der Waals surface area contributed by atoms with Gasteiger partial charge in [0, 0.05) is 25.2 Å². The molecular weight excluding hydrogens is 609 g/mol. The summed E-state index contributed by atoms with van der Waals surface area (Å²) in [5, 5.41) is 8.05. The van der Waals surface area contributed by atoms with Gasteiger partial charge in [0.2, 0.25) is 0 Å². The third-order valence-corrected chi connectivity index (χ3v) is 9.51. The Morgan fingerprint density at radius 1 is 0.812 bits per heavy atom. The Bertz CT molecular complexity index is 1890. The molecule has 4 aromatic carbocycles. The normalized spacial score (nSPS) is 19.0. The summed E-state index contributed by atoms with van der Waals surface area (Å²) < 4.78 is 57.5. The van der Waals surface area contributed by atoms with E-state index in [0.29, 0.717) is 12.0 Å². The van der Waals surface area contributed by atoms with Crippen molar-refractivity contribution in [2.24, 2.45) is 12.0 Å². The molecule has 248 valence electrons. The Balaban J connectivity index is 1.57. The molecule has 0 saturated heterocycles. The number of rotatable bonds is 7. The highest BCUT2D eigenvalue weighted by atomic mass is 19.3. The number of alkyl halides is 2. The molecule has 6 rings (SSSR count). The van der Waals surface area contributed by atoms with Gasteiger partial charge in [-0.05, 0) is 75.1 Å². The van der Waals surface area contributed by atoms with Gasteiger partial charge in [0.05, 0.1) is 5.69 Å². The number of amidine groups is 1. The van der Waals surface area contributed by atoms with Crippen LogP contribution in [0.25, 0.3) is 0 Å². The van der Waals surface area contributed by atoms with Crippen molar-refractivity contribution in [2.75, 3.05) is 6.61 Å². The van der Waals surface area contributed by atoms with E-state index in [1.807, 2.05) is 105 Å². The second-order valence-corrected chi connectivity index (χ2v) is 13.4. The summed E-state index contributed by atoms with van der Waals surface area (Å²) in [6.07, 6.45) is 2.16. The van der Waals surface area contributed by atoms with E-state index in [4.69, 9.17) is 9.73 Å². The Morgan fingerprint density at radius 3 is 1.96 bits per heavy atom. The van der Waals surface area contributed by atoms with Crippen LogP contribution in [0.4, 0.5) is 13.2 Å². The van der Waals surface area contributed by atoms with Crippen molar-refractivity contribution in [3.05, 3.63) is 160 Å². The second kappa shape index (κ2) is 12.4. The second-order valence-electron chi connectivity index (χ2n) is 13.4. The number of nitrogens with zero attached hydrogens (tertiary/aromatic N) is 3. The van der Waals surface area contributed by atoms with Crippen molar-refractivity contribution < 1.29 is 17.9 Å². The van der Waals surface area contributed by atoms with E-state index in [-0.39, 0.29) is 18.0 Å². The molecule has 0 bridgehead atoms. The Hall–Kier alpha value is -4.69. The molecule has 0 fully saturated rings. The largest absolute Gasteiger partial charge is 0.361 e. The maximum atomic E-state index is 16.9. The zero-order chi connectivity index (χ0) is 34.3. The minimum atomic E-state index is -3.63.